The van der Waals surface area contributed by atoms with Gasteiger partial charge in [-0.15, -0.1) is 11.3 Å². The molecule has 3 heterocycles. The van der Waals surface area contributed by atoms with Crippen LogP contribution in [0.5, 0.6) is 0 Å². The van der Waals surface area contributed by atoms with E-state index in [-0.39, 0.29) is 6.54 Å². The highest BCUT2D eigenvalue weighted by atomic mass is 35.5. The maximum atomic E-state index is 11.4. The minimum Gasteiger partial charge on any atom is -0.354 e. The number of hydrogen-bond donors (Lipinski definition) is 2. The lowest BCUT2D eigenvalue weighted by Gasteiger charge is -2.32. The molecule has 178 valence electrons. The second-order valence-corrected chi connectivity index (χ2v) is 11.7. The summed E-state index contributed by atoms with van der Waals surface area (Å²) in [6.45, 7) is 6.62. The van der Waals surface area contributed by atoms with E-state index in [0.29, 0.717) is 16.7 Å². The Morgan fingerprint density at radius 2 is 1.97 bits per heavy atom. The molecule has 3 aromatic rings. The summed E-state index contributed by atoms with van der Waals surface area (Å²) in [5.41, 5.74) is 1.60. The van der Waals surface area contributed by atoms with Gasteiger partial charge in [0.25, 0.3) is 0 Å². The third-order valence-electron chi connectivity index (χ3n) is 5.63. The Morgan fingerprint density at radius 3 is 2.73 bits per heavy atom. The van der Waals surface area contributed by atoms with Crippen LogP contribution in [-0.2, 0) is 16.6 Å². The van der Waals surface area contributed by atoms with Gasteiger partial charge in [0.05, 0.1) is 22.4 Å². The number of halogens is 1. The summed E-state index contributed by atoms with van der Waals surface area (Å²) >= 11 is 8.01. The first-order valence-electron chi connectivity index (χ1n) is 10.9. The van der Waals surface area contributed by atoms with Gasteiger partial charge in [-0.2, -0.15) is 0 Å². The van der Waals surface area contributed by atoms with Crippen molar-refractivity contribution in [3.63, 3.8) is 0 Å². The summed E-state index contributed by atoms with van der Waals surface area (Å²) in [6, 6.07) is 7.96. The van der Waals surface area contributed by atoms with Crippen molar-refractivity contribution in [2.45, 2.75) is 13.0 Å². The number of fused-ring (bicyclic) bond motifs is 1. The number of likely N-dealkylation sites (N-methyl/N-ethyl adjacent to an activating group) is 1. The Kier molecular flexibility index (Phi) is 7.83. The number of thiophene rings is 1. The maximum Gasteiger partial charge on any atom is 0.223 e. The van der Waals surface area contributed by atoms with Gasteiger partial charge in [0.2, 0.25) is 16.0 Å². The van der Waals surface area contributed by atoms with Crippen molar-refractivity contribution in [1.29, 1.82) is 0 Å². The smallest absolute Gasteiger partial charge is 0.223 e. The molecule has 8 nitrogen and oxygen atoms in total. The second kappa shape index (κ2) is 10.6. The zero-order chi connectivity index (χ0) is 23.4. The Hall–Kier alpha value is -1.82. The number of sulfonamides is 1. The number of nitrogens with zero attached hydrogens (tertiary/aromatic N) is 4. The molecule has 1 saturated heterocycles. The standard InChI is InChI=1S/C22H29ClN6O2S2/c1-28-8-10-29(11-9-28)7-3-6-24-22-25-15-18(23)21(27-22)20-13-17-5-4-16(12-19(17)32-20)14-26-33(2,30)31/h4-5,12-13,15,26H,3,6-11,14H2,1-2H3,(H,24,25,27). The van der Waals surface area contributed by atoms with Crippen molar-refractivity contribution in [3.05, 3.63) is 41.0 Å². The van der Waals surface area contributed by atoms with Gasteiger partial charge in [-0.05, 0) is 43.1 Å². The molecule has 0 radical (unpaired) electrons. The molecule has 0 amide bonds. The normalized spacial score (nSPS) is 15.8. The molecular formula is C22H29ClN6O2S2. The summed E-state index contributed by atoms with van der Waals surface area (Å²) < 4.78 is 26.3. The van der Waals surface area contributed by atoms with E-state index in [1.165, 1.54) is 0 Å². The molecule has 0 aliphatic carbocycles. The van der Waals surface area contributed by atoms with E-state index >= 15 is 0 Å². The minimum atomic E-state index is -3.23. The summed E-state index contributed by atoms with van der Waals surface area (Å²) in [6.07, 6.45) is 3.82. The zero-order valence-electron chi connectivity index (χ0n) is 18.8. The number of piperazine rings is 1. The van der Waals surface area contributed by atoms with Gasteiger partial charge in [0.1, 0.15) is 5.69 Å². The maximum absolute atomic E-state index is 11.4. The fourth-order valence-electron chi connectivity index (χ4n) is 3.72. The van der Waals surface area contributed by atoms with Crippen molar-refractivity contribution >= 4 is 49.0 Å². The molecule has 11 heteroatoms. The third-order valence-corrected chi connectivity index (χ3v) is 7.68. The first-order chi connectivity index (χ1) is 15.8. The van der Waals surface area contributed by atoms with E-state index in [1.807, 2.05) is 18.2 Å². The third kappa shape index (κ3) is 6.84. The summed E-state index contributed by atoms with van der Waals surface area (Å²) in [4.78, 5) is 14.8. The largest absolute Gasteiger partial charge is 0.354 e. The fourth-order valence-corrected chi connectivity index (χ4v) is 5.52. The van der Waals surface area contributed by atoms with Gasteiger partial charge in [0.15, 0.2) is 0 Å². The van der Waals surface area contributed by atoms with Crippen molar-refractivity contribution in [2.75, 3.05) is 57.9 Å². The molecule has 1 fully saturated rings. The Balaban J connectivity index is 1.40. The van der Waals surface area contributed by atoms with E-state index in [9.17, 15) is 8.42 Å². The number of nitrogens with one attached hydrogen (secondary N) is 2. The predicted octanol–water partition coefficient (Wildman–Crippen LogP) is 3.11. The molecule has 2 N–H and O–H groups in total. The Morgan fingerprint density at radius 1 is 1.18 bits per heavy atom. The SMILES string of the molecule is CN1CCN(CCCNc2ncc(Cl)c(-c3cc4ccc(CNS(C)(=O)=O)cc4s3)n2)CC1. The van der Waals surface area contributed by atoms with Crippen LogP contribution in [0.15, 0.2) is 30.5 Å². The highest BCUT2D eigenvalue weighted by Gasteiger charge is 2.14. The first kappa shape index (κ1) is 24.3. The highest BCUT2D eigenvalue weighted by Crippen LogP contribution is 2.36. The van der Waals surface area contributed by atoms with Crippen LogP contribution in [0.2, 0.25) is 5.02 Å². The number of rotatable bonds is 9. The van der Waals surface area contributed by atoms with Crippen LogP contribution in [0.3, 0.4) is 0 Å². The van der Waals surface area contributed by atoms with Gasteiger partial charge >= 0.3 is 0 Å². The second-order valence-electron chi connectivity index (χ2n) is 8.39. The van der Waals surface area contributed by atoms with Crippen LogP contribution < -0.4 is 10.0 Å². The van der Waals surface area contributed by atoms with E-state index in [2.05, 4.69) is 42.9 Å². The molecule has 0 unspecified atom stereocenters. The summed E-state index contributed by atoms with van der Waals surface area (Å²) in [5, 5.41) is 4.89. The van der Waals surface area contributed by atoms with Gasteiger partial charge in [0, 0.05) is 44.0 Å². The molecule has 0 atom stereocenters. The lowest BCUT2D eigenvalue weighted by Crippen LogP contribution is -2.44. The Bertz CT molecular complexity index is 1210. The topological polar surface area (TPSA) is 90.5 Å². The number of hydrogen-bond acceptors (Lipinski definition) is 8. The van der Waals surface area contributed by atoms with Gasteiger partial charge in [-0.25, -0.2) is 23.1 Å². The van der Waals surface area contributed by atoms with Gasteiger partial charge in [-0.1, -0.05) is 23.7 Å². The highest BCUT2D eigenvalue weighted by molar-refractivity contribution is 7.88. The lowest BCUT2D eigenvalue weighted by atomic mass is 10.1. The molecule has 33 heavy (non-hydrogen) atoms. The summed E-state index contributed by atoms with van der Waals surface area (Å²) in [5.74, 6) is 0.572. The first-order valence-corrected chi connectivity index (χ1v) is 14.0. The van der Waals surface area contributed by atoms with Crippen molar-refractivity contribution in [3.8, 4) is 10.6 Å². The average molecular weight is 509 g/mol. The van der Waals surface area contributed by atoms with Crippen molar-refractivity contribution < 1.29 is 8.42 Å². The van der Waals surface area contributed by atoms with E-state index in [1.54, 1.807) is 17.5 Å². The molecule has 2 aromatic heterocycles. The fraction of sp³-hybridized carbons (Fsp3) is 0.455. The van der Waals surface area contributed by atoms with Gasteiger partial charge in [-0.3, -0.25) is 0 Å². The van der Waals surface area contributed by atoms with E-state index < -0.39 is 10.0 Å². The van der Waals surface area contributed by atoms with Crippen LogP contribution in [-0.4, -0.2) is 80.8 Å². The van der Waals surface area contributed by atoms with Crippen molar-refractivity contribution in [2.24, 2.45) is 0 Å². The quantitative estimate of drug-likeness (QED) is 0.429. The monoisotopic (exact) mass is 508 g/mol. The van der Waals surface area contributed by atoms with E-state index in [0.717, 1.165) is 72.5 Å². The van der Waals surface area contributed by atoms with Gasteiger partial charge < -0.3 is 15.1 Å². The molecule has 1 aliphatic rings. The molecule has 0 bridgehead atoms. The predicted molar refractivity (Wildman–Crippen MR) is 137 cm³/mol. The summed E-state index contributed by atoms with van der Waals surface area (Å²) in [7, 11) is -1.07. The van der Waals surface area contributed by atoms with Crippen molar-refractivity contribution in [1.82, 2.24) is 24.5 Å². The number of benzene rings is 1. The number of anilines is 1. The van der Waals surface area contributed by atoms with Crippen LogP contribution in [0.1, 0.15) is 12.0 Å². The van der Waals surface area contributed by atoms with Crippen LogP contribution in [0, 0.1) is 0 Å². The molecule has 0 saturated carbocycles. The zero-order valence-corrected chi connectivity index (χ0v) is 21.2. The molecule has 1 aromatic carbocycles. The lowest BCUT2D eigenvalue weighted by molar-refractivity contribution is 0.154. The molecular weight excluding hydrogens is 480 g/mol. The van der Waals surface area contributed by atoms with Crippen LogP contribution in [0.4, 0.5) is 5.95 Å². The molecule has 1 aliphatic heterocycles. The minimum absolute atomic E-state index is 0.262. The van der Waals surface area contributed by atoms with Crippen LogP contribution in [0.25, 0.3) is 20.7 Å². The van der Waals surface area contributed by atoms with Crippen LogP contribution >= 0.6 is 22.9 Å². The molecule has 0 spiro atoms. The average Bonchev–Trinajstić information content (AvgIpc) is 3.20. The number of aromatic nitrogens is 2. The molecule has 4 rings (SSSR count). The Labute approximate surface area is 204 Å². The van der Waals surface area contributed by atoms with E-state index in [4.69, 9.17) is 11.6 Å².